The minimum atomic E-state index is 0.0639. The quantitative estimate of drug-likeness (QED) is 0.0490. The van der Waals surface area contributed by atoms with Crippen LogP contribution in [-0.4, -0.2) is 61.4 Å². The van der Waals surface area contributed by atoms with Crippen LogP contribution in [0.1, 0.15) is 246 Å². The van der Waals surface area contributed by atoms with E-state index in [1.165, 1.54) is 142 Å². The molecule has 0 aromatic heterocycles. The Kier molecular flexibility index (Phi) is 37.1. The van der Waals surface area contributed by atoms with Crippen molar-refractivity contribution in [3.05, 3.63) is 0 Å². The van der Waals surface area contributed by atoms with Crippen molar-refractivity contribution in [2.45, 2.75) is 246 Å². The fourth-order valence-corrected chi connectivity index (χ4v) is 9.01. The van der Waals surface area contributed by atoms with E-state index in [1.54, 1.807) is 0 Å². The highest BCUT2D eigenvalue weighted by atomic mass is 16.5. The molecular formula is C50H97NO5. The molecule has 4 atom stereocenters. The standard InChI is InChI=1S/C50H97NO5/c1-5-9-13-17-19-25-35-45(33-23-15-11-7-3)49(53)55-41-31-22-21-27-37-47-43-51(39-29-30-40-52)44-48(47)38-28-32-42-56-50(54)46(34-24-16-12-8-4)36-26-20-18-14-10-6-2/h45-48,52H,5-44H2,1-4H3. The van der Waals surface area contributed by atoms with Crippen LogP contribution in [0.4, 0.5) is 0 Å². The first-order chi connectivity index (χ1) is 27.5. The molecule has 56 heavy (non-hydrogen) atoms. The Morgan fingerprint density at radius 3 is 1.23 bits per heavy atom. The van der Waals surface area contributed by atoms with Gasteiger partial charge < -0.3 is 19.5 Å². The van der Waals surface area contributed by atoms with Gasteiger partial charge in [-0.1, -0.05) is 175 Å². The summed E-state index contributed by atoms with van der Waals surface area (Å²) >= 11 is 0. The van der Waals surface area contributed by atoms with Gasteiger partial charge in [0.05, 0.1) is 25.0 Å². The van der Waals surface area contributed by atoms with Crippen molar-refractivity contribution >= 4 is 11.9 Å². The number of carbonyl (C=O) groups is 2. The second-order valence-electron chi connectivity index (χ2n) is 17.9. The van der Waals surface area contributed by atoms with Crippen LogP contribution in [0.25, 0.3) is 0 Å². The summed E-state index contributed by atoms with van der Waals surface area (Å²) in [5.74, 6) is 1.75. The summed E-state index contributed by atoms with van der Waals surface area (Å²) in [5.41, 5.74) is 0. The predicted octanol–water partition coefficient (Wildman–Crippen LogP) is 14.2. The van der Waals surface area contributed by atoms with E-state index in [0.717, 1.165) is 102 Å². The van der Waals surface area contributed by atoms with E-state index in [4.69, 9.17) is 9.47 Å². The van der Waals surface area contributed by atoms with Gasteiger partial charge in [-0.3, -0.25) is 9.59 Å². The van der Waals surface area contributed by atoms with Gasteiger partial charge in [0.1, 0.15) is 0 Å². The molecule has 0 amide bonds. The lowest BCUT2D eigenvalue weighted by molar-refractivity contribution is -0.150. The molecule has 1 aliphatic rings. The SMILES string of the molecule is CCCCCCCCC(CCCCCC)C(=O)OCCCCCCC1CN(CCCCO)CC1CCCCOC(=O)C(CCCCCC)CCCCCCCC. The molecule has 1 saturated heterocycles. The summed E-state index contributed by atoms with van der Waals surface area (Å²) in [4.78, 5) is 28.8. The van der Waals surface area contributed by atoms with Crippen LogP contribution in [0, 0.1) is 23.7 Å². The second kappa shape index (κ2) is 39.3. The molecule has 1 heterocycles. The van der Waals surface area contributed by atoms with Gasteiger partial charge in [0.25, 0.3) is 0 Å². The van der Waals surface area contributed by atoms with Crippen molar-refractivity contribution in [1.29, 1.82) is 0 Å². The molecule has 1 fully saturated rings. The average molecular weight is 792 g/mol. The minimum absolute atomic E-state index is 0.0639. The zero-order chi connectivity index (χ0) is 40.7. The van der Waals surface area contributed by atoms with E-state index in [0.29, 0.717) is 19.1 Å². The summed E-state index contributed by atoms with van der Waals surface area (Å²) in [7, 11) is 0. The van der Waals surface area contributed by atoms with Crippen LogP contribution in [0.3, 0.4) is 0 Å². The summed E-state index contributed by atoms with van der Waals surface area (Å²) in [5, 5.41) is 9.33. The van der Waals surface area contributed by atoms with Gasteiger partial charge in [-0.25, -0.2) is 0 Å². The molecular weight excluding hydrogens is 695 g/mol. The van der Waals surface area contributed by atoms with Gasteiger partial charge in [-0.15, -0.1) is 0 Å². The molecule has 0 aliphatic carbocycles. The number of unbranched alkanes of at least 4 members (excludes halogenated alkanes) is 21. The summed E-state index contributed by atoms with van der Waals surface area (Å²) in [6.07, 6.45) is 40.1. The molecule has 0 bridgehead atoms. The Balaban J connectivity index is 2.45. The van der Waals surface area contributed by atoms with Crippen LogP contribution in [-0.2, 0) is 19.1 Å². The molecule has 0 radical (unpaired) electrons. The highest BCUT2D eigenvalue weighted by molar-refractivity contribution is 5.72. The lowest BCUT2D eigenvalue weighted by Crippen LogP contribution is -2.22. The van der Waals surface area contributed by atoms with Gasteiger partial charge in [0.2, 0.25) is 0 Å². The van der Waals surface area contributed by atoms with Crippen LogP contribution in [0.15, 0.2) is 0 Å². The van der Waals surface area contributed by atoms with E-state index in [9.17, 15) is 14.7 Å². The smallest absolute Gasteiger partial charge is 0.308 e. The molecule has 6 heteroatoms. The topological polar surface area (TPSA) is 76.1 Å². The number of hydrogen-bond donors (Lipinski definition) is 1. The van der Waals surface area contributed by atoms with Gasteiger partial charge in [0.15, 0.2) is 0 Å². The number of aliphatic hydroxyl groups is 1. The monoisotopic (exact) mass is 792 g/mol. The number of nitrogens with zero attached hydrogens (tertiary/aromatic N) is 1. The molecule has 6 nitrogen and oxygen atoms in total. The number of likely N-dealkylation sites (tertiary alicyclic amines) is 1. The lowest BCUT2D eigenvalue weighted by atomic mass is 9.87. The number of ether oxygens (including phenoxy) is 2. The third kappa shape index (κ3) is 29.1. The maximum Gasteiger partial charge on any atom is 0.308 e. The zero-order valence-corrected chi connectivity index (χ0v) is 38.1. The van der Waals surface area contributed by atoms with Gasteiger partial charge in [-0.2, -0.15) is 0 Å². The lowest BCUT2D eigenvalue weighted by Gasteiger charge is -2.19. The molecule has 0 aromatic rings. The molecule has 332 valence electrons. The number of carbonyl (C=O) groups excluding carboxylic acids is 2. The number of hydrogen-bond acceptors (Lipinski definition) is 6. The number of rotatable bonds is 42. The van der Waals surface area contributed by atoms with Gasteiger partial charge in [0, 0.05) is 19.7 Å². The molecule has 0 aromatic carbocycles. The molecule has 4 unspecified atom stereocenters. The van der Waals surface area contributed by atoms with E-state index in [1.807, 2.05) is 0 Å². The van der Waals surface area contributed by atoms with Crippen molar-refractivity contribution in [3.8, 4) is 0 Å². The van der Waals surface area contributed by atoms with Crippen molar-refractivity contribution in [1.82, 2.24) is 4.90 Å². The second-order valence-corrected chi connectivity index (χ2v) is 17.9. The average Bonchev–Trinajstić information content (AvgIpc) is 3.59. The van der Waals surface area contributed by atoms with Crippen molar-refractivity contribution in [2.75, 3.05) is 39.5 Å². The molecule has 0 spiro atoms. The van der Waals surface area contributed by atoms with Crippen LogP contribution < -0.4 is 0 Å². The van der Waals surface area contributed by atoms with E-state index in [-0.39, 0.29) is 30.4 Å². The van der Waals surface area contributed by atoms with E-state index < -0.39 is 0 Å². The van der Waals surface area contributed by atoms with Crippen LogP contribution >= 0.6 is 0 Å². The van der Waals surface area contributed by atoms with Crippen molar-refractivity contribution < 1.29 is 24.2 Å². The van der Waals surface area contributed by atoms with Crippen LogP contribution in [0.2, 0.25) is 0 Å². The van der Waals surface area contributed by atoms with Crippen LogP contribution in [0.5, 0.6) is 0 Å². The Morgan fingerprint density at radius 1 is 0.464 bits per heavy atom. The van der Waals surface area contributed by atoms with Gasteiger partial charge in [-0.05, 0) is 89.0 Å². The fourth-order valence-electron chi connectivity index (χ4n) is 9.01. The molecule has 0 saturated carbocycles. The Labute approximate surface area is 349 Å². The minimum Gasteiger partial charge on any atom is -0.465 e. The highest BCUT2D eigenvalue weighted by Gasteiger charge is 2.31. The normalized spacial score (nSPS) is 17.0. The van der Waals surface area contributed by atoms with Crippen molar-refractivity contribution in [3.63, 3.8) is 0 Å². The maximum atomic E-state index is 13.2. The molecule has 1 rings (SSSR count). The predicted molar refractivity (Wildman–Crippen MR) is 239 cm³/mol. The maximum absolute atomic E-state index is 13.2. The summed E-state index contributed by atoms with van der Waals surface area (Å²) < 4.78 is 11.8. The fraction of sp³-hybridized carbons (Fsp3) is 0.960. The molecule has 1 N–H and O–H groups in total. The number of aliphatic hydroxyl groups excluding tert-OH is 1. The zero-order valence-electron chi connectivity index (χ0n) is 38.1. The first-order valence-corrected chi connectivity index (χ1v) is 25.2. The highest BCUT2D eigenvalue weighted by Crippen LogP contribution is 2.32. The van der Waals surface area contributed by atoms with E-state index in [2.05, 4.69) is 32.6 Å². The third-order valence-electron chi connectivity index (χ3n) is 12.8. The van der Waals surface area contributed by atoms with Gasteiger partial charge >= 0.3 is 11.9 Å². The Bertz CT molecular complexity index is 866. The van der Waals surface area contributed by atoms with E-state index >= 15 is 0 Å². The Hall–Kier alpha value is -1.14. The van der Waals surface area contributed by atoms with Crippen molar-refractivity contribution in [2.24, 2.45) is 23.7 Å². The largest absolute Gasteiger partial charge is 0.465 e. The summed E-state index contributed by atoms with van der Waals surface area (Å²) in [6.45, 7) is 13.9. The first kappa shape index (κ1) is 52.9. The summed E-state index contributed by atoms with van der Waals surface area (Å²) in [6, 6.07) is 0. The first-order valence-electron chi connectivity index (χ1n) is 25.2. The third-order valence-corrected chi connectivity index (χ3v) is 12.8. The number of esters is 2. The Morgan fingerprint density at radius 2 is 0.804 bits per heavy atom. The molecule has 1 aliphatic heterocycles.